The molecule has 2 aromatic heterocycles. The predicted octanol–water partition coefficient (Wildman–Crippen LogP) is 2.00. The van der Waals surface area contributed by atoms with Crippen LogP contribution in [0.5, 0.6) is 0 Å². The Hall–Kier alpha value is -0.980. The number of aromatic amines is 1. The van der Waals surface area contributed by atoms with E-state index in [0.29, 0.717) is 5.75 Å². The number of thiophene rings is 1. The Balaban J connectivity index is 1.87. The van der Waals surface area contributed by atoms with Gasteiger partial charge in [-0.3, -0.25) is 9.31 Å². The number of rotatable bonds is 7. The summed E-state index contributed by atoms with van der Waals surface area (Å²) in [5.41, 5.74) is 2.23. The van der Waals surface area contributed by atoms with E-state index in [4.69, 9.17) is 0 Å². The van der Waals surface area contributed by atoms with Crippen molar-refractivity contribution in [2.24, 2.45) is 0 Å². The maximum Gasteiger partial charge on any atom is 0.0794 e. The molecule has 0 spiro atoms. The van der Waals surface area contributed by atoms with Gasteiger partial charge in [-0.25, -0.2) is 0 Å². The summed E-state index contributed by atoms with van der Waals surface area (Å²) in [5.74, 6) is 1.44. The average Bonchev–Trinajstić information content (AvgIpc) is 3.04. The smallest absolute Gasteiger partial charge is 0.0794 e. The first-order valence-electron chi connectivity index (χ1n) is 5.93. The zero-order chi connectivity index (χ0) is 12.8. The third-order valence-corrected chi connectivity index (χ3v) is 4.82. The lowest BCUT2D eigenvalue weighted by Gasteiger charge is -2.04. The molecule has 0 aliphatic carbocycles. The fourth-order valence-corrected chi connectivity index (χ4v) is 3.05. The molecule has 2 rings (SSSR count). The zero-order valence-corrected chi connectivity index (χ0v) is 11.9. The molecule has 0 fully saturated rings. The van der Waals surface area contributed by atoms with Gasteiger partial charge in [-0.2, -0.15) is 5.10 Å². The van der Waals surface area contributed by atoms with Crippen molar-refractivity contribution < 1.29 is 4.21 Å². The Morgan fingerprint density at radius 1 is 1.56 bits per heavy atom. The molecule has 6 heteroatoms. The Kier molecular flexibility index (Phi) is 5.10. The van der Waals surface area contributed by atoms with Gasteiger partial charge in [-0.1, -0.05) is 13.0 Å². The molecule has 0 aliphatic rings. The molecule has 18 heavy (non-hydrogen) atoms. The van der Waals surface area contributed by atoms with Crippen LogP contribution in [0.25, 0.3) is 10.6 Å². The minimum Gasteiger partial charge on any atom is -0.312 e. The van der Waals surface area contributed by atoms with Crippen LogP contribution < -0.4 is 5.32 Å². The summed E-state index contributed by atoms with van der Waals surface area (Å²) in [4.78, 5) is 1.20. The number of aromatic nitrogens is 2. The van der Waals surface area contributed by atoms with Gasteiger partial charge in [-0.05, 0) is 11.4 Å². The number of hydrogen-bond acceptors (Lipinski definition) is 4. The molecule has 0 radical (unpaired) electrons. The average molecular weight is 283 g/mol. The summed E-state index contributed by atoms with van der Waals surface area (Å²) in [7, 11) is -0.694. The maximum absolute atomic E-state index is 11.3. The Morgan fingerprint density at radius 3 is 3.17 bits per heavy atom. The summed E-state index contributed by atoms with van der Waals surface area (Å²) >= 11 is 1.69. The van der Waals surface area contributed by atoms with Crippen LogP contribution in [0.15, 0.2) is 23.7 Å². The van der Waals surface area contributed by atoms with Crippen LogP contribution in [0, 0.1) is 0 Å². The highest BCUT2D eigenvalue weighted by Crippen LogP contribution is 2.25. The molecular weight excluding hydrogens is 266 g/mol. The van der Waals surface area contributed by atoms with Gasteiger partial charge in [0.05, 0.1) is 16.8 Å². The van der Waals surface area contributed by atoms with Crippen molar-refractivity contribution in [2.45, 2.75) is 13.5 Å². The minimum absolute atomic E-state index is 0.694. The van der Waals surface area contributed by atoms with E-state index in [0.717, 1.165) is 30.1 Å². The van der Waals surface area contributed by atoms with E-state index in [1.54, 1.807) is 11.3 Å². The summed E-state index contributed by atoms with van der Waals surface area (Å²) in [5, 5.41) is 12.5. The summed E-state index contributed by atoms with van der Waals surface area (Å²) in [6.45, 7) is 3.47. The van der Waals surface area contributed by atoms with Crippen molar-refractivity contribution in [3.8, 4) is 10.6 Å². The highest BCUT2D eigenvalue weighted by Gasteiger charge is 2.07. The second kappa shape index (κ2) is 6.82. The molecule has 4 nitrogen and oxygen atoms in total. The first-order valence-corrected chi connectivity index (χ1v) is 8.30. The predicted molar refractivity (Wildman–Crippen MR) is 77.2 cm³/mol. The quantitative estimate of drug-likeness (QED) is 0.764. The van der Waals surface area contributed by atoms with E-state index in [1.165, 1.54) is 4.88 Å². The highest BCUT2D eigenvalue weighted by atomic mass is 32.2. The Morgan fingerprint density at radius 2 is 2.44 bits per heavy atom. The largest absolute Gasteiger partial charge is 0.312 e. The van der Waals surface area contributed by atoms with Gasteiger partial charge in [0.25, 0.3) is 0 Å². The highest BCUT2D eigenvalue weighted by molar-refractivity contribution is 7.84. The Bertz CT molecular complexity index is 493. The van der Waals surface area contributed by atoms with Gasteiger partial charge in [0.2, 0.25) is 0 Å². The second-order valence-corrected chi connectivity index (χ2v) is 6.67. The van der Waals surface area contributed by atoms with Crippen molar-refractivity contribution in [3.05, 3.63) is 29.3 Å². The fraction of sp³-hybridized carbons (Fsp3) is 0.417. The molecule has 0 aliphatic heterocycles. The van der Waals surface area contributed by atoms with E-state index in [1.807, 2.05) is 19.2 Å². The molecule has 98 valence electrons. The van der Waals surface area contributed by atoms with Crippen LogP contribution in [0.4, 0.5) is 0 Å². The van der Waals surface area contributed by atoms with Crippen molar-refractivity contribution >= 4 is 22.1 Å². The fourth-order valence-electron chi connectivity index (χ4n) is 1.63. The first kappa shape index (κ1) is 13.5. The van der Waals surface area contributed by atoms with Gasteiger partial charge in [0.15, 0.2) is 0 Å². The molecule has 2 aromatic rings. The molecule has 0 aromatic carbocycles. The van der Waals surface area contributed by atoms with Crippen LogP contribution >= 0.6 is 11.3 Å². The van der Waals surface area contributed by atoms with Crippen LogP contribution in [0.3, 0.4) is 0 Å². The molecule has 0 saturated heterocycles. The van der Waals surface area contributed by atoms with Crippen molar-refractivity contribution in [1.29, 1.82) is 0 Å². The number of hydrogen-bond donors (Lipinski definition) is 2. The van der Waals surface area contributed by atoms with Crippen LogP contribution in [0.2, 0.25) is 0 Å². The lowest BCUT2D eigenvalue weighted by molar-refractivity contribution is 0.674. The van der Waals surface area contributed by atoms with Gasteiger partial charge < -0.3 is 5.32 Å². The van der Waals surface area contributed by atoms with E-state index < -0.39 is 10.8 Å². The Labute approximate surface area is 113 Å². The number of nitrogens with zero attached hydrogens (tertiary/aromatic N) is 1. The third kappa shape index (κ3) is 3.51. The summed E-state index contributed by atoms with van der Waals surface area (Å²) in [6.07, 6.45) is 1.85. The summed E-state index contributed by atoms with van der Waals surface area (Å²) < 4.78 is 11.3. The van der Waals surface area contributed by atoms with Crippen molar-refractivity contribution in [3.63, 3.8) is 0 Å². The monoisotopic (exact) mass is 283 g/mol. The van der Waals surface area contributed by atoms with Crippen LogP contribution in [0.1, 0.15) is 12.5 Å². The molecule has 2 N–H and O–H groups in total. The molecule has 1 atom stereocenters. The van der Waals surface area contributed by atoms with Gasteiger partial charge >= 0.3 is 0 Å². The zero-order valence-electron chi connectivity index (χ0n) is 10.3. The third-order valence-electron chi connectivity index (χ3n) is 2.63. The van der Waals surface area contributed by atoms with Crippen LogP contribution in [-0.2, 0) is 17.3 Å². The minimum atomic E-state index is -0.694. The topological polar surface area (TPSA) is 57.8 Å². The van der Waals surface area contributed by atoms with E-state index in [-0.39, 0.29) is 0 Å². The lowest BCUT2D eigenvalue weighted by Crippen LogP contribution is -2.20. The molecule has 0 saturated carbocycles. The van der Waals surface area contributed by atoms with Gasteiger partial charge in [-0.15, -0.1) is 11.3 Å². The standard InChI is InChI=1S/C12H17N3OS2/c1-2-18(16)7-5-13-8-10-9-14-15-12(10)11-4-3-6-17-11/h3-4,6,9,13H,2,5,7-8H2,1H3,(H,14,15). The van der Waals surface area contributed by atoms with Gasteiger partial charge in [0, 0.05) is 41.0 Å². The lowest BCUT2D eigenvalue weighted by atomic mass is 10.2. The van der Waals surface area contributed by atoms with Crippen molar-refractivity contribution in [1.82, 2.24) is 15.5 Å². The normalized spacial score (nSPS) is 12.7. The molecule has 0 bridgehead atoms. The molecular formula is C12H17N3OS2. The number of nitrogens with one attached hydrogen (secondary N) is 2. The number of H-pyrrole nitrogens is 1. The summed E-state index contributed by atoms with van der Waals surface area (Å²) in [6, 6.07) is 4.11. The van der Waals surface area contributed by atoms with Gasteiger partial charge in [0.1, 0.15) is 0 Å². The van der Waals surface area contributed by atoms with E-state index >= 15 is 0 Å². The second-order valence-electron chi connectivity index (χ2n) is 3.86. The first-order chi connectivity index (χ1) is 8.81. The SMILES string of the molecule is CCS(=O)CCNCc1cn[nH]c1-c1cccs1. The molecule has 0 amide bonds. The maximum atomic E-state index is 11.3. The molecule has 2 heterocycles. The van der Waals surface area contributed by atoms with Crippen LogP contribution in [-0.4, -0.2) is 32.5 Å². The van der Waals surface area contributed by atoms with E-state index in [2.05, 4.69) is 27.0 Å². The van der Waals surface area contributed by atoms with Crippen molar-refractivity contribution in [2.75, 3.05) is 18.1 Å². The van der Waals surface area contributed by atoms with E-state index in [9.17, 15) is 4.21 Å². The molecule has 1 unspecified atom stereocenters.